The van der Waals surface area contributed by atoms with Crippen molar-refractivity contribution >= 4 is 39.2 Å². The van der Waals surface area contributed by atoms with E-state index < -0.39 is 11.2 Å². The molecule has 0 atom stereocenters. The first-order chi connectivity index (χ1) is 13.6. The molecule has 158 valence electrons. The van der Waals surface area contributed by atoms with Crippen LogP contribution in [0.25, 0.3) is 0 Å². The fourth-order valence-electron chi connectivity index (χ4n) is 2.91. The van der Waals surface area contributed by atoms with Gasteiger partial charge >= 0.3 is 5.69 Å². The highest BCUT2D eigenvalue weighted by Gasteiger charge is 2.22. The number of anilines is 3. The van der Waals surface area contributed by atoms with E-state index in [9.17, 15) is 14.4 Å². The van der Waals surface area contributed by atoms with Crippen molar-refractivity contribution in [1.82, 2.24) is 14.5 Å². The summed E-state index contributed by atoms with van der Waals surface area (Å²) in [4.78, 5) is 45.4. The number of amides is 1. The van der Waals surface area contributed by atoms with Gasteiger partial charge in [-0.3, -0.25) is 19.1 Å². The summed E-state index contributed by atoms with van der Waals surface area (Å²) >= 11 is 3.29. The molecule has 0 bridgehead atoms. The van der Waals surface area contributed by atoms with Gasteiger partial charge in [-0.15, -0.1) is 0 Å². The fourth-order valence-corrected chi connectivity index (χ4v) is 3.15. The molecule has 9 nitrogen and oxygen atoms in total. The highest BCUT2D eigenvalue weighted by Crippen LogP contribution is 2.19. The van der Waals surface area contributed by atoms with E-state index in [0.717, 1.165) is 4.47 Å². The van der Waals surface area contributed by atoms with E-state index in [0.29, 0.717) is 18.9 Å². The number of H-pyrrole nitrogens is 1. The molecule has 0 saturated carbocycles. The number of nitrogens with zero attached hydrogens (tertiary/aromatic N) is 3. The topological polar surface area (TPSA) is 126 Å². The number of carbonyl (C=O) groups is 1. The Labute approximate surface area is 177 Å². The number of nitrogen functional groups attached to an aromatic ring is 1. The summed E-state index contributed by atoms with van der Waals surface area (Å²) in [5, 5.41) is 2.71. The summed E-state index contributed by atoms with van der Waals surface area (Å²) in [6, 6.07) is 3.43. The molecule has 10 heteroatoms. The third-order valence-electron chi connectivity index (χ3n) is 3.99. The maximum Gasteiger partial charge on any atom is 0.330 e. The van der Waals surface area contributed by atoms with Crippen LogP contribution in [-0.4, -0.2) is 33.5 Å². The van der Waals surface area contributed by atoms with Gasteiger partial charge in [0.25, 0.3) is 5.56 Å². The number of halogens is 1. The van der Waals surface area contributed by atoms with Crippen LogP contribution in [0.15, 0.2) is 32.4 Å². The van der Waals surface area contributed by atoms with E-state index in [4.69, 9.17) is 5.73 Å². The lowest BCUT2D eigenvalue weighted by molar-refractivity contribution is -0.115. The number of nitrogens with one attached hydrogen (secondary N) is 2. The number of aromatic amines is 1. The Balaban J connectivity index is 2.36. The molecular weight excluding hydrogens is 440 g/mol. The average Bonchev–Trinajstić information content (AvgIpc) is 2.59. The molecule has 0 aliphatic rings. The molecule has 2 aromatic heterocycles. The molecule has 0 fully saturated rings. The SMILES string of the molecule is CC(C)CN(CC(=O)Nc1ccc(Br)cn1)c1c(N)n(CC(C)C)c(=O)[nH]c1=O. The van der Waals surface area contributed by atoms with Crippen molar-refractivity contribution < 1.29 is 4.79 Å². The first-order valence-corrected chi connectivity index (χ1v) is 10.2. The Morgan fingerprint density at radius 2 is 1.97 bits per heavy atom. The van der Waals surface area contributed by atoms with Crippen molar-refractivity contribution in [2.24, 2.45) is 11.8 Å². The molecule has 4 N–H and O–H groups in total. The molecule has 0 aliphatic carbocycles. The van der Waals surface area contributed by atoms with Crippen LogP contribution in [0.4, 0.5) is 17.3 Å². The van der Waals surface area contributed by atoms with Gasteiger partial charge in [0.2, 0.25) is 5.91 Å². The Morgan fingerprint density at radius 1 is 1.28 bits per heavy atom. The van der Waals surface area contributed by atoms with Crippen LogP contribution >= 0.6 is 15.9 Å². The highest BCUT2D eigenvalue weighted by atomic mass is 79.9. The largest absolute Gasteiger partial charge is 0.383 e. The van der Waals surface area contributed by atoms with E-state index in [1.54, 1.807) is 23.2 Å². The second-order valence-corrected chi connectivity index (χ2v) is 8.60. The first-order valence-electron chi connectivity index (χ1n) is 9.37. The molecule has 0 spiro atoms. The van der Waals surface area contributed by atoms with E-state index in [1.165, 1.54) is 4.57 Å². The van der Waals surface area contributed by atoms with Crippen molar-refractivity contribution in [3.8, 4) is 0 Å². The van der Waals surface area contributed by atoms with E-state index >= 15 is 0 Å². The van der Waals surface area contributed by atoms with E-state index in [2.05, 4.69) is 31.2 Å². The van der Waals surface area contributed by atoms with Gasteiger partial charge < -0.3 is 16.0 Å². The van der Waals surface area contributed by atoms with E-state index in [1.807, 2.05) is 27.7 Å². The maximum absolute atomic E-state index is 12.6. The minimum Gasteiger partial charge on any atom is -0.383 e. The lowest BCUT2D eigenvalue weighted by atomic mass is 10.2. The van der Waals surface area contributed by atoms with E-state index in [-0.39, 0.29) is 35.8 Å². The fraction of sp³-hybridized carbons (Fsp3) is 0.474. The summed E-state index contributed by atoms with van der Waals surface area (Å²) in [5.74, 6) is 0.412. The first kappa shape index (κ1) is 22.7. The Bertz CT molecular complexity index is 965. The predicted molar refractivity (Wildman–Crippen MR) is 118 cm³/mol. The Morgan fingerprint density at radius 3 is 2.52 bits per heavy atom. The number of rotatable bonds is 8. The van der Waals surface area contributed by atoms with Crippen molar-refractivity contribution in [1.29, 1.82) is 0 Å². The minimum atomic E-state index is -0.609. The van der Waals surface area contributed by atoms with Gasteiger partial charge in [-0.2, -0.15) is 0 Å². The third kappa shape index (κ3) is 6.18. The summed E-state index contributed by atoms with van der Waals surface area (Å²) in [6.45, 7) is 8.49. The van der Waals surface area contributed by atoms with Gasteiger partial charge in [0, 0.05) is 23.8 Å². The number of hydrogen-bond donors (Lipinski definition) is 3. The quantitative estimate of drug-likeness (QED) is 0.546. The van der Waals surface area contributed by atoms with Crippen molar-refractivity contribution in [3.63, 3.8) is 0 Å². The average molecular weight is 467 g/mol. The van der Waals surface area contributed by atoms with Crippen LogP contribution in [0, 0.1) is 11.8 Å². The molecule has 0 radical (unpaired) electrons. The number of pyridine rings is 1. The van der Waals surface area contributed by atoms with Crippen LogP contribution in [0.1, 0.15) is 27.7 Å². The van der Waals surface area contributed by atoms with Crippen LogP contribution < -0.4 is 27.2 Å². The molecule has 2 rings (SSSR count). The zero-order valence-electron chi connectivity index (χ0n) is 17.0. The lowest BCUT2D eigenvalue weighted by Gasteiger charge is -2.27. The second kappa shape index (κ2) is 9.73. The van der Waals surface area contributed by atoms with Gasteiger partial charge in [-0.1, -0.05) is 27.7 Å². The molecule has 2 heterocycles. The van der Waals surface area contributed by atoms with Gasteiger partial charge in [0.15, 0.2) is 0 Å². The molecular formula is C19H27BrN6O3. The minimum absolute atomic E-state index is 0.0580. The van der Waals surface area contributed by atoms with Crippen molar-refractivity contribution in [2.45, 2.75) is 34.2 Å². The maximum atomic E-state index is 12.6. The number of aromatic nitrogens is 3. The van der Waals surface area contributed by atoms with Crippen LogP contribution in [0.5, 0.6) is 0 Å². The molecule has 0 aliphatic heterocycles. The predicted octanol–water partition coefficient (Wildman–Crippen LogP) is 2.03. The molecule has 2 aromatic rings. The van der Waals surface area contributed by atoms with Gasteiger partial charge in [-0.05, 0) is 39.9 Å². The molecule has 0 aromatic carbocycles. The Kier molecular flexibility index (Phi) is 7.60. The van der Waals surface area contributed by atoms with Gasteiger partial charge in [-0.25, -0.2) is 9.78 Å². The summed E-state index contributed by atoms with van der Waals surface area (Å²) < 4.78 is 2.13. The summed E-state index contributed by atoms with van der Waals surface area (Å²) in [6.07, 6.45) is 1.58. The molecule has 29 heavy (non-hydrogen) atoms. The van der Waals surface area contributed by atoms with Crippen LogP contribution in [0.3, 0.4) is 0 Å². The monoisotopic (exact) mass is 466 g/mol. The highest BCUT2D eigenvalue weighted by molar-refractivity contribution is 9.10. The van der Waals surface area contributed by atoms with Crippen molar-refractivity contribution in [3.05, 3.63) is 43.6 Å². The zero-order valence-corrected chi connectivity index (χ0v) is 18.6. The normalized spacial score (nSPS) is 11.1. The zero-order chi connectivity index (χ0) is 21.7. The van der Waals surface area contributed by atoms with Crippen molar-refractivity contribution in [2.75, 3.05) is 29.0 Å². The number of hydrogen-bond acceptors (Lipinski definition) is 6. The van der Waals surface area contributed by atoms with Gasteiger partial charge in [0.1, 0.15) is 17.3 Å². The number of carbonyl (C=O) groups excluding carboxylic acids is 1. The van der Waals surface area contributed by atoms with Crippen LogP contribution in [-0.2, 0) is 11.3 Å². The van der Waals surface area contributed by atoms with Crippen LogP contribution in [0.2, 0.25) is 0 Å². The summed E-state index contributed by atoms with van der Waals surface area (Å²) in [7, 11) is 0. The second-order valence-electron chi connectivity index (χ2n) is 7.68. The molecule has 0 saturated heterocycles. The standard InChI is InChI=1S/C19H27BrN6O3/c1-11(2)8-25(10-15(27)23-14-6-5-13(20)7-22-14)16-17(21)26(9-12(3)4)19(29)24-18(16)28/h5-7,11-12H,8-10,21H2,1-4H3,(H,22,23,27)(H,24,28,29). The molecule has 1 amide bonds. The molecule has 0 unspecified atom stereocenters. The lowest BCUT2D eigenvalue weighted by Crippen LogP contribution is -2.43. The Hall–Kier alpha value is -2.62. The smallest absolute Gasteiger partial charge is 0.330 e. The van der Waals surface area contributed by atoms with Gasteiger partial charge in [0.05, 0.1) is 6.54 Å². The number of nitrogens with two attached hydrogens (primary N) is 1. The third-order valence-corrected chi connectivity index (χ3v) is 4.46. The summed E-state index contributed by atoms with van der Waals surface area (Å²) in [5.41, 5.74) is 5.16.